The molecule has 6 nitrogen and oxygen atoms in total. The van der Waals surface area contributed by atoms with Crippen LogP contribution in [0.25, 0.3) is 0 Å². The number of carboxylic acids is 1. The first-order chi connectivity index (χ1) is 11.2. The van der Waals surface area contributed by atoms with E-state index in [1.165, 1.54) is 30.5 Å². The van der Waals surface area contributed by atoms with Gasteiger partial charge in [0.05, 0.1) is 15.5 Å². The minimum absolute atomic E-state index is 0.0228. The van der Waals surface area contributed by atoms with Crippen LogP contribution < -0.4 is 0 Å². The molecule has 0 saturated carbocycles. The van der Waals surface area contributed by atoms with E-state index in [1.54, 1.807) is 6.08 Å². The zero-order chi connectivity index (χ0) is 18.4. The number of carbonyl (C=O) groups is 4. The van der Waals surface area contributed by atoms with Gasteiger partial charge < -0.3 is 5.11 Å². The Balaban J connectivity index is 3.32. The minimum Gasteiger partial charge on any atom is -0.477 e. The lowest BCUT2D eigenvalue weighted by Crippen LogP contribution is -2.59. The molecule has 132 valence electrons. The molecule has 0 bridgehead atoms. The summed E-state index contributed by atoms with van der Waals surface area (Å²) in [6.07, 6.45) is 2.27. The smallest absolute Gasteiger partial charge is 0.354 e. The first-order valence-electron chi connectivity index (χ1n) is 7.14. The van der Waals surface area contributed by atoms with Crippen LogP contribution in [0.2, 0.25) is 0 Å². The molecule has 1 aliphatic heterocycles. The summed E-state index contributed by atoms with van der Waals surface area (Å²) in [5.41, 5.74) is -0.299. The molecule has 1 amide bonds. The standard InChI is InChI=1S/C15H19NO5S3/c1-5-7-22-13-10(6-2)12(19)16(13)11(14(20)21)15(23-8(3)17)24-9(4)18/h5,10,13H,1,6-7H2,2-4H3,(H,20,21). The van der Waals surface area contributed by atoms with E-state index >= 15 is 0 Å². The third kappa shape index (κ3) is 4.90. The molecular formula is C15H19NO5S3. The van der Waals surface area contributed by atoms with Crippen molar-refractivity contribution in [3.8, 4) is 0 Å². The number of carbonyl (C=O) groups excluding carboxylic acids is 3. The van der Waals surface area contributed by atoms with Crippen LogP contribution in [0, 0.1) is 5.92 Å². The minimum atomic E-state index is -1.33. The van der Waals surface area contributed by atoms with Gasteiger partial charge in [-0.1, -0.05) is 13.0 Å². The van der Waals surface area contributed by atoms with Gasteiger partial charge in [-0.2, -0.15) is 0 Å². The zero-order valence-corrected chi connectivity index (χ0v) is 16.1. The van der Waals surface area contributed by atoms with Crippen LogP contribution in [0.1, 0.15) is 27.2 Å². The Morgan fingerprint density at radius 3 is 2.17 bits per heavy atom. The largest absolute Gasteiger partial charge is 0.477 e. The number of rotatable bonds is 8. The van der Waals surface area contributed by atoms with E-state index in [0.717, 1.165) is 0 Å². The number of amides is 1. The van der Waals surface area contributed by atoms with Gasteiger partial charge in [-0.3, -0.25) is 19.3 Å². The maximum Gasteiger partial charge on any atom is 0.354 e. The monoisotopic (exact) mass is 389 g/mol. The van der Waals surface area contributed by atoms with Crippen molar-refractivity contribution in [3.63, 3.8) is 0 Å². The molecule has 24 heavy (non-hydrogen) atoms. The highest BCUT2D eigenvalue weighted by Gasteiger charge is 2.50. The van der Waals surface area contributed by atoms with Crippen LogP contribution in [0.3, 0.4) is 0 Å². The first-order valence-corrected chi connectivity index (χ1v) is 9.82. The van der Waals surface area contributed by atoms with Crippen LogP contribution in [0.5, 0.6) is 0 Å². The summed E-state index contributed by atoms with van der Waals surface area (Å²) in [6.45, 7) is 8.05. The number of hydrogen-bond donors (Lipinski definition) is 1. The fourth-order valence-corrected chi connectivity index (χ4v) is 5.35. The molecule has 0 spiro atoms. The van der Waals surface area contributed by atoms with Crippen molar-refractivity contribution >= 4 is 57.4 Å². The van der Waals surface area contributed by atoms with Gasteiger partial charge >= 0.3 is 5.97 Å². The summed E-state index contributed by atoms with van der Waals surface area (Å²) in [7, 11) is 0. The lowest BCUT2D eigenvalue weighted by Gasteiger charge is -2.46. The average molecular weight is 390 g/mol. The van der Waals surface area contributed by atoms with Gasteiger partial charge in [0.25, 0.3) is 0 Å². The number of hydrogen-bond acceptors (Lipinski definition) is 7. The molecule has 0 aromatic heterocycles. The van der Waals surface area contributed by atoms with Crippen molar-refractivity contribution in [3.05, 3.63) is 22.6 Å². The van der Waals surface area contributed by atoms with Crippen molar-refractivity contribution in [1.82, 2.24) is 4.90 Å². The molecule has 0 aliphatic carbocycles. The molecule has 1 fully saturated rings. The molecular weight excluding hydrogens is 370 g/mol. The maximum atomic E-state index is 12.4. The van der Waals surface area contributed by atoms with Gasteiger partial charge in [0.15, 0.2) is 15.9 Å². The molecule has 2 unspecified atom stereocenters. The highest BCUT2D eigenvalue weighted by atomic mass is 32.2. The van der Waals surface area contributed by atoms with Crippen LogP contribution in [0.15, 0.2) is 22.6 Å². The topological polar surface area (TPSA) is 91.8 Å². The van der Waals surface area contributed by atoms with Gasteiger partial charge in [-0.05, 0) is 29.9 Å². The Labute approximate surface area is 153 Å². The summed E-state index contributed by atoms with van der Waals surface area (Å²) >= 11 is 2.72. The SMILES string of the molecule is C=CCSC1C(CC)C(=O)N1C(C(=O)O)=C(SC(C)=O)SC(C)=O. The van der Waals surface area contributed by atoms with E-state index in [1.807, 2.05) is 6.92 Å². The molecule has 1 saturated heterocycles. The molecule has 1 N–H and O–H groups in total. The summed E-state index contributed by atoms with van der Waals surface area (Å²) in [5, 5.41) is 8.54. The fraction of sp³-hybridized carbons (Fsp3) is 0.467. The third-order valence-corrected chi connectivity index (χ3v) is 6.23. The Morgan fingerprint density at radius 1 is 1.25 bits per heavy atom. The maximum absolute atomic E-state index is 12.4. The number of thioether (sulfide) groups is 3. The predicted octanol–water partition coefficient (Wildman–Crippen LogP) is 2.91. The molecule has 1 rings (SSSR count). The van der Waals surface area contributed by atoms with E-state index in [4.69, 9.17) is 0 Å². The molecule has 2 atom stereocenters. The second kappa shape index (κ2) is 9.33. The number of carboxylic acid groups (broad SMARTS) is 1. The second-order valence-electron chi connectivity index (χ2n) is 4.86. The molecule has 1 aliphatic rings. The van der Waals surface area contributed by atoms with Gasteiger partial charge in [0, 0.05) is 19.6 Å². The second-order valence-corrected chi connectivity index (χ2v) is 8.65. The van der Waals surface area contributed by atoms with E-state index in [0.29, 0.717) is 35.7 Å². The normalized spacial score (nSPS) is 19.5. The van der Waals surface area contributed by atoms with Crippen molar-refractivity contribution in [2.24, 2.45) is 5.92 Å². The lowest BCUT2D eigenvalue weighted by atomic mass is 9.94. The van der Waals surface area contributed by atoms with E-state index < -0.39 is 5.97 Å². The molecule has 0 aromatic rings. The molecule has 9 heteroatoms. The zero-order valence-electron chi connectivity index (χ0n) is 13.6. The van der Waals surface area contributed by atoms with E-state index in [2.05, 4.69) is 6.58 Å². The summed E-state index contributed by atoms with van der Waals surface area (Å²) < 4.78 is 0.0228. The number of nitrogens with zero attached hydrogens (tertiary/aromatic N) is 1. The molecule has 0 radical (unpaired) electrons. The number of aliphatic carboxylic acids is 1. The van der Waals surface area contributed by atoms with Crippen molar-refractivity contribution < 1.29 is 24.3 Å². The van der Waals surface area contributed by atoms with Gasteiger partial charge in [-0.25, -0.2) is 4.79 Å². The molecule has 0 aromatic carbocycles. The quantitative estimate of drug-likeness (QED) is 0.385. The average Bonchev–Trinajstić information content (AvgIpc) is 2.46. The summed E-state index contributed by atoms with van der Waals surface area (Å²) in [5.74, 6) is -1.36. The Bertz CT molecular complexity index is 584. The van der Waals surface area contributed by atoms with Gasteiger partial charge in [0.1, 0.15) is 0 Å². The van der Waals surface area contributed by atoms with Crippen LogP contribution in [-0.2, 0) is 19.2 Å². The van der Waals surface area contributed by atoms with Crippen molar-refractivity contribution in [1.29, 1.82) is 0 Å². The first kappa shape index (κ1) is 20.9. The Morgan fingerprint density at radius 2 is 1.79 bits per heavy atom. The van der Waals surface area contributed by atoms with Crippen LogP contribution in [-0.4, -0.2) is 43.2 Å². The molecule has 1 heterocycles. The summed E-state index contributed by atoms with van der Waals surface area (Å²) in [6, 6.07) is 0. The van der Waals surface area contributed by atoms with Crippen molar-refractivity contribution in [2.45, 2.75) is 32.6 Å². The Hall–Kier alpha value is -1.19. The number of likely N-dealkylation sites (tertiary alicyclic amines) is 1. The van der Waals surface area contributed by atoms with Gasteiger partial charge in [-0.15, -0.1) is 18.3 Å². The van der Waals surface area contributed by atoms with Crippen LogP contribution >= 0.6 is 35.3 Å². The highest BCUT2D eigenvalue weighted by Crippen LogP contribution is 2.44. The fourth-order valence-electron chi connectivity index (χ4n) is 2.16. The van der Waals surface area contributed by atoms with E-state index in [9.17, 15) is 24.3 Å². The van der Waals surface area contributed by atoms with Gasteiger partial charge in [0.2, 0.25) is 5.91 Å². The summed E-state index contributed by atoms with van der Waals surface area (Å²) in [4.78, 5) is 48.2. The van der Waals surface area contributed by atoms with Crippen molar-refractivity contribution in [2.75, 3.05) is 5.75 Å². The predicted molar refractivity (Wildman–Crippen MR) is 98.3 cm³/mol. The van der Waals surface area contributed by atoms with Crippen LogP contribution in [0.4, 0.5) is 0 Å². The van der Waals surface area contributed by atoms with E-state index in [-0.39, 0.29) is 37.4 Å². The third-order valence-electron chi connectivity index (χ3n) is 3.09. The number of β-lactam (4-membered cyclic amide) rings is 1. The lowest BCUT2D eigenvalue weighted by molar-refractivity contribution is -0.152. The highest BCUT2D eigenvalue weighted by molar-refractivity contribution is 8.34. The Kier molecular flexibility index (Phi) is 8.11.